The molecule has 0 atom stereocenters. The minimum absolute atomic E-state index is 0.102. The number of nitrogens with two attached hydrogens (primary N) is 1. The molecule has 0 unspecified atom stereocenters. The van der Waals surface area contributed by atoms with Crippen LogP contribution in [0.4, 0.5) is 58.2 Å². The van der Waals surface area contributed by atoms with Crippen molar-refractivity contribution in [2.24, 2.45) is 0 Å². The van der Waals surface area contributed by atoms with E-state index in [0.717, 1.165) is 45.7 Å². The number of hydrogen-bond acceptors (Lipinski definition) is 16. The zero-order valence-electron chi connectivity index (χ0n) is 36.6. The van der Waals surface area contributed by atoms with Gasteiger partial charge in [-0.25, -0.2) is 0 Å². The number of aromatic nitrogens is 6. The fourth-order valence-corrected chi connectivity index (χ4v) is 7.72. The molecule has 0 fully saturated rings. The molecule has 0 aliphatic rings. The first-order chi connectivity index (χ1) is 33.0. The van der Waals surface area contributed by atoms with Crippen molar-refractivity contribution in [3.05, 3.63) is 185 Å². The van der Waals surface area contributed by atoms with Crippen LogP contribution in [0, 0.1) is 0 Å². The molecule has 6 aromatic carbocycles. The topological polar surface area (TPSA) is 250 Å². The summed E-state index contributed by atoms with van der Waals surface area (Å²) in [4.78, 5) is 28.8. The number of rotatable bonds is 20. The summed E-state index contributed by atoms with van der Waals surface area (Å²) >= 11 is 0. The van der Waals surface area contributed by atoms with Crippen LogP contribution >= 0.6 is 0 Å². The Bertz CT molecular complexity index is 3070. The molecule has 344 valence electrons. The molecule has 0 radical (unpaired) electrons. The first-order valence-corrected chi connectivity index (χ1v) is 23.0. The van der Waals surface area contributed by atoms with Gasteiger partial charge in [-0.2, -0.15) is 38.3 Å². The molecule has 9 N–H and O–H groups in total. The molecule has 0 aliphatic heterocycles. The number of nitrogens with one attached hydrogen (secondary N) is 4. The fraction of sp³-hybridized carbons (Fsp3) is 0.120. The summed E-state index contributed by atoms with van der Waals surface area (Å²) in [7, 11) is -4.69. The molecule has 0 aliphatic carbocycles. The number of nitrogen functional groups attached to an aromatic ring is 1. The summed E-state index contributed by atoms with van der Waals surface area (Å²) in [5.41, 5.74) is 13.3. The summed E-state index contributed by atoms with van der Waals surface area (Å²) in [6.45, 7) is -0.0710. The van der Waals surface area contributed by atoms with Crippen molar-refractivity contribution in [1.29, 1.82) is 0 Å². The SMILES string of the molecule is Nc1ccc(Cc2ccc(Nc3nc(Nc4ccccc4)nc(Nc4ccc(/C=C/c5ccc(Nc6nc(Cc7ccccc7)nc(N(CCO)CCO)n6)cc5S(=O)(=O)O)cc4)n3)cc2)cc1. The van der Waals surface area contributed by atoms with Crippen LogP contribution in [0.25, 0.3) is 12.2 Å². The molecule has 8 rings (SSSR count). The lowest BCUT2D eigenvalue weighted by atomic mass is 10.0. The van der Waals surface area contributed by atoms with Gasteiger partial charge in [0.25, 0.3) is 10.1 Å². The van der Waals surface area contributed by atoms with Crippen LogP contribution in [0.5, 0.6) is 0 Å². The van der Waals surface area contributed by atoms with E-state index in [-0.39, 0.29) is 60.3 Å². The monoisotopic (exact) mass is 928 g/mol. The van der Waals surface area contributed by atoms with E-state index in [1.165, 1.54) is 6.07 Å². The summed E-state index contributed by atoms with van der Waals surface area (Å²) in [5, 5.41) is 32.2. The highest BCUT2D eigenvalue weighted by atomic mass is 32.2. The van der Waals surface area contributed by atoms with Gasteiger partial charge in [0.05, 0.1) is 13.2 Å². The quantitative estimate of drug-likeness (QED) is 0.0205. The van der Waals surface area contributed by atoms with Gasteiger partial charge in [0.15, 0.2) is 0 Å². The number of anilines is 10. The van der Waals surface area contributed by atoms with Crippen LogP contribution < -0.4 is 31.9 Å². The Morgan fingerprint density at radius 3 is 1.57 bits per heavy atom. The van der Waals surface area contributed by atoms with Crippen molar-refractivity contribution in [2.75, 3.05) is 58.2 Å². The van der Waals surface area contributed by atoms with E-state index in [2.05, 4.69) is 51.2 Å². The molecule has 0 spiro atoms. The van der Waals surface area contributed by atoms with Gasteiger partial charge >= 0.3 is 0 Å². The zero-order chi connectivity index (χ0) is 47.3. The molecule has 2 aromatic heterocycles. The van der Waals surface area contributed by atoms with E-state index in [0.29, 0.717) is 29.8 Å². The van der Waals surface area contributed by atoms with Gasteiger partial charge in [-0.3, -0.25) is 4.55 Å². The zero-order valence-corrected chi connectivity index (χ0v) is 37.4. The third kappa shape index (κ3) is 13.0. The van der Waals surface area contributed by atoms with E-state index in [1.807, 2.05) is 133 Å². The third-order valence-corrected chi connectivity index (χ3v) is 11.2. The Labute approximate surface area is 393 Å². The van der Waals surface area contributed by atoms with Crippen molar-refractivity contribution >= 4 is 80.4 Å². The number of aliphatic hydroxyl groups is 2. The lowest BCUT2D eigenvalue weighted by Crippen LogP contribution is -2.32. The smallest absolute Gasteiger partial charge is 0.295 e. The van der Waals surface area contributed by atoms with Gasteiger partial charge in [-0.05, 0) is 94.9 Å². The van der Waals surface area contributed by atoms with Crippen LogP contribution in [0.1, 0.15) is 33.6 Å². The normalized spacial score (nSPS) is 11.3. The van der Waals surface area contributed by atoms with Crippen LogP contribution in [0.3, 0.4) is 0 Å². The highest BCUT2D eigenvalue weighted by Gasteiger charge is 2.18. The molecule has 0 amide bonds. The van der Waals surface area contributed by atoms with Gasteiger partial charge in [-0.15, -0.1) is 0 Å². The van der Waals surface area contributed by atoms with E-state index >= 15 is 0 Å². The van der Waals surface area contributed by atoms with Gasteiger partial charge in [0.2, 0.25) is 29.7 Å². The molecule has 0 saturated carbocycles. The average molecular weight is 929 g/mol. The van der Waals surface area contributed by atoms with Gasteiger partial charge < -0.3 is 42.1 Å². The second-order valence-electron chi connectivity index (χ2n) is 15.4. The number of nitrogens with zero attached hydrogens (tertiary/aromatic N) is 7. The lowest BCUT2D eigenvalue weighted by Gasteiger charge is -2.21. The minimum Gasteiger partial charge on any atom is -0.399 e. The maximum atomic E-state index is 12.7. The second kappa shape index (κ2) is 21.8. The molecule has 0 bridgehead atoms. The van der Waals surface area contributed by atoms with Crippen LogP contribution in [-0.2, 0) is 23.0 Å². The number of hydrogen-bond donors (Lipinski definition) is 8. The standard InChI is InChI=1S/C50H48N12O5S/c51-39-20-12-36(13-21-39)31-37-16-24-42(25-17-37)54-49-59-47(52-40-9-5-2-6-10-40)58-48(60-49)53-41-22-14-34(15-23-41)11-18-38-19-26-43(33-44(38)68(65,66)67)55-46-56-45(32-35-7-3-1-4-8-35)57-50(61-46)62(27-29-63)28-30-64/h1-26,33,63-64H,27-32,51H2,(H,65,66,67)(H,55,56,57,61)(H3,52,53,54,58,59,60)/b18-11+. The Morgan fingerprint density at radius 2 is 1.00 bits per heavy atom. The van der Waals surface area contributed by atoms with Crippen molar-refractivity contribution < 1.29 is 23.2 Å². The average Bonchev–Trinajstić information content (AvgIpc) is 3.33. The van der Waals surface area contributed by atoms with Crippen molar-refractivity contribution in [3.8, 4) is 0 Å². The van der Waals surface area contributed by atoms with E-state index < -0.39 is 10.1 Å². The van der Waals surface area contributed by atoms with Crippen molar-refractivity contribution in [3.63, 3.8) is 0 Å². The number of para-hydroxylation sites is 1. The second-order valence-corrected chi connectivity index (χ2v) is 16.8. The summed E-state index contributed by atoms with van der Waals surface area (Å²) in [6, 6.07) is 46.8. The number of aliphatic hydroxyl groups excluding tert-OH is 2. The Balaban J connectivity index is 0.983. The number of benzene rings is 6. The predicted molar refractivity (Wildman–Crippen MR) is 267 cm³/mol. The highest BCUT2D eigenvalue weighted by molar-refractivity contribution is 7.86. The molecule has 2 heterocycles. The molecular formula is C50H48N12O5S. The third-order valence-electron chi connectivity index (χ3n) is 10.3. The molecular weight excluding hydrogens is 881 g/mol. The van der Waals surface area contributed by atoms with E-state index in [1.54, 1.807) is 29.2 Å². The lowest BCUT2D eigenvalue weighted by molar-refractivity contribution is 0.280. The fourth-order valence-electron chi connectivity index (χ4n) is 7.01. The largest absolute Gasteiger partial charge is 0.399 e. The Kier molecular flexibility index (Phi) is 14.8. The van der Waals surface area contributed by atoms with Crippen molar-refractivity contribution in [1.82, 2.24) is 29.9 Å². The maximum Gasteiger partial charge on any atom is 0.295 e. The first kappa shape index (κ1) is 46.2. The minimum atomic E-state index is -4.69. The highest BCUT2D eigenvalue weighted by Crippen LogP contribution is 2.27. The van der Waals surface area contributed by atoms with E-state index in [9.17, 15) is 23.2 Å². The summed E-state index contributed by atoms with van der Waals surface area (Å²) in [6.07, 6.45) is 4.44. The molecule has 0 saturated heterocycles. The molecule has 68 heavy (non-hydrogen) atoms. The van der Waals surface area contributed by atoms with Crippen LogP contribution in [0.2, 0.25) is 0 Å². The molecule has 18 heteroatoms. The van der Waals surface area contributed by atoms with Gasteiger partial charge in [0, 0.05) is 47.9 Å². The van der Waals surface area contributed by atoms with Crippen LogP contribution in [0.15, 0.2) is 157 Å². The Hall–Kier alpha value is -8.29. The molecule has 8 aromatic rings. The first-order valence-electron chi connectivity index (χ1n) is 21.5. The van der Waals surface area contributed by atoms with Crippen molar-refractivity contribution in [2.45, 2.75) is 17.7 Å². The van der Waals surface area contributed by atoms with Gasteiger partial charge in [-0.1, -0.05) is 103 Å². The van der Waals surface area contributed by atoms with Gasteiger partial charge in [0.1, 0.15) is 10.7 Å². The molecule has 17 nitrogen and oxygen atoms in total. The van der Waals surface area contributed by atoms with Crippen LogP contribution in [-0.4, -0.2) is 79.4 Å². The summed E-state index contributed by atoms with van der Waals surface area (Å²) < 4.78 is 35.8. The van der Waals surface area contributed by atoms with E-state index in [4.69, 9.17) is 5.73 Å². The maximum absolute atomic E-state index is 12.7. The summed E-state index contributed by atoms with van der Waals surface area (Å²) in [5.74, 6) is 1.64. The predicted octanol–water partition coefficient (Wildman–Crippen LogP) is 8.00. The Morgan fingerprint density at radius 1 is 0.515 bits per heavy atom.